The molecule has 0 unspecified atom stereocenters. The average Bonchev–Trinajstić information content (AvgIpc) is 3.05. The number of rotatable bonds is 4. The summed E-state index contributed by atoms with van der Waals surface area (Å²) in [5.41, 5.74) is 1.62. The van der Waals surface area contributed by atoms with Crippen molar-refractivity contribution in [2.45, 2.75) is 13.3 Å². The van der Waals surface area contributed by atoms with Gasteiger partial charge < -0.3 is 10.4 Å². The van der Waals surface area contributed by atoms with E-state index in [4.69, 9.17) is 5.11 Å². The molecule has 20 heavy (non-hydrogen) atoms. The lowest BCUT2D eigenvalue weighted by Crippen LogP contribution is -2.25. The first-order valence-corrected chi connectivity index (χ1v) is 7.82. The van der Waals surface area contributed by atoms with E-state index in [1.165, 1.54) is 11.3 Å². The number of nitrogens with zero attached hydrogens (tertiary/aromatic N) is 1. The molecule has 0 atom stereocenters. The first-order chi connectivity index (χ1) is 9.69. The third-order valence-corrected chi connectivity index (χ3v) is 4.32. The molecule has 0 bridgehead atoms. The van der Waals surface area contributed by atoms with E-state index < -0.39 is 0 Å². The summed E-state index contributed by atoms with van der Waals surface area (Å²) in [4.78, 5) is 17.0. The number of nitrogens with one attached hydrogen (secondary N) is 1. The number of thiazole rings is 1. The molecule has 0 spiro atoms. The molecule has 0 aliphatic carbocycles. The Morgan fingerprint density at radius 1 is 1.45 bits per heavy atom. The van der Waals surface area contributed by atoms with E-state index in [2.05, 4.69) is 22.1 Å². The average molecular weight is 306 g/mol. The van der Waals surface area contributed by atoms with Crippen molar-refractivity contribution in [1.82, 2.24) is 10.3 Å². The Hall–Kier alpha value is -1.68. The molecule has 0 fully saturated rings. The molecule has 0 aliphatic heterocycles. The van der Waals surface area contributed by atoms with Gasteiger partial charge >= 0.3 is 0 Å². The Morgan fingerprint density at radius 3 is 3.00 bits per heavy atom. The second-order valence-electron chi connectivity index (χ2n) is 4.05. The molecule has 4 nitrogen and oxygen atoms in total. The molecule has 0 saturated carbocycles. The highest BCUT2D eigenvalue weighted by Gasteiger charge is 2.08. The van der Waals surface area contributed by atoms with Gasteiger partial charge in [0.05, 0.1) is 15.4 Å². The van der Waals surface area contributed by atoms with Gasteiger partial charge in [-0.25, -0.2) is 4.98 Å². The molecule has 0 radical (unpaired) electrons. The van der Waals surface area contributed by atoms with Gasteiger partial charge in [0.25, 0.3) is 5.91 Å². The molecule has 2 N–H and O–H groups in total. The molecule has 2 rings (SSSR count). The number of aliphatic hydroxyl groups excluding tert-OH is 1. The van der Waals surface area contributed by atoms with Crippen molar-refractivity contribution in [1.29, 1.82) is 0 Å². The lowest BCUT2D eigenvalue weighted by atomic mass is 10.3. The van der Waals surface area contributed by atoms with Gasteiger partial charge in [-0.1, -0.05) is 11.8 Å². The highest BCUT2D eigenvalue weighted by Crippen LogP contribution is 2.13. The molecular weight excluding hydrogens is 292 g/mol. The first kappa shape index (κ1) is 14.7. The van der Waals surface area contributed by atoms with Crippen LogP contribution in [0.4, 0.5) is 0 Å². The third-order valence-electron chi connectivity index (χ3n) is 2.44. The van der Waals surface area contributed by atoms with Gasteiger partial charge in [0.15, 0.2) is 0 Å². The van der Waals surface area contributed by atoms with Crippen LogP contribution in [-0.4, -0.2) is 29.1 Å². The molecule has 1 amide bonds. The zero-order valence-corrected chi connectivity index (χ0v) is 12.6. The maximum atomic E-state index is 11.9. The lowest BCUT2D eigenvalue weighted by Gasteiger charge is -2.01. The largest absolute Gasteiger partial charge is 0.384 e. The number of aromatic nitrogens is 1. The van der Waals surface area contributed by atoms with E-state index in [9.17, 15) is 4.79 Å². The Labute approximate surface area is 125 Å². The number of hydrogen-bond donors (Lipinski definition) is 2. The maximum Gasteiger partial charge on any atom is 0.252 e. The van der Waals surface area contributed by atoms with Gasteiger partial charge in [0, 0.05) is 29.4 Å². The summed E-state index contributed by atoms with van der Waals surface area (Å²) < 4.78 is 0. The quantitative estimate of drug-likeness (QED) is 0.847. The van der Waals surface area contributed by atoms with Crippen LogP contribution in [0.25, 0.3) is 0 Å². The van der Waals surface area contributed by atoms with Crippen molar-refractivity contribution in [2.75, 3.05) is 13.2 Å². The first-order valence-electron chi connectivity index (χ1n) is 6.06. The Bertz CT molecular complexity index is 649. The fourth-order valence-corrected chi connectivity index (χ4v) is 3.08. The van der Waals surface area contributed by atoms with Crippen molar-refractivity contribution in [3.63, 3.8) is 0 Å². The monoisotopic (exact) mass is 306 g/mol. The Balaban J connectivity index is 1.84. The van der Waals surface area contributed by atoms with Crippen LogP contribution < -0.4 is 5.32 Å². The normalized spacial score (nSPS) is 9.90. The summed E-state index contributed by atoms with van der Waals surface area (Å²) in [7, 11) is 0. The van der Waals surface area contributed by atoms with Crippen molar-refractivity contribution in [2.24, 2.45) is 0 Å². The molecule has 6 heteroatoms. The van der Waals surface area contributed by atoms with E-state index in [-0.39, 0.29) is 12.5 Å². The molecule has 104 valence electrons. The van der Waals surface area contributed by atoms with Crippen LogP contribution in [0.15, 0.2) is 16.8 Å². The zero-order chi connectivity index (χ0) is 14.4. The SMILES string of the molecule is Cc1csc(CCNC(=O)c2csc(C#CCO)c2)n1. The van der Waals surface area contributed by atoms with Crippen LogP contribution in [0.3, 0.4) is 0 Å². The van der Waals surface area contributed by atoms with Crippen molar-refractivity contribution < 1.29 is 9.90 Å². The van der Waals surface area contributed by atoms with Crippen LogP contribution in [0.1, 0.15) is 25.9 Å². The second kappa shape index (κ2) is 7.20. The second-order valence-corrected chi connectivity index (χ2v) is 5.90. The van der Waals surface area contributed by atoms with Crippen molar-refractivity contribution >= 4 is 28.6 Å². The number of hydrogen-bond acceptors (Lipinski definition) is 5. The minimum atomic E-state index is -0.174. The fraction of sp³-hybridized carbons (Fsp3) is 0.286. The van der Waals surface area contributed by atoms with Crippen LogP contribution in [0.2, 0.25) is 0 Å². The number of carbonyl (C=O) groups is 1. The van der Waals surface area contributed by atoms with Crippen LogP contribution in [0.5, 0.6) is 0 Å². The Morgan fingerprint density at radius 2 is 2.30 bits per heavy atom. The maximum absolute atomic E-state index is 11.9. The molecule has 2 heterocycles. The van der Waals surface area contributed by atoms with Gasteiger partial charge in [0.1, 0.15) is 6.61 Å². The number of carbonyl (C=O) groups excluding carboxylic acids is 1. The minimum Gasteiger partial charge on any atom is -0.384 e. The van der Waals surface area contributed by atoms with E-state index >= 15 is 0 Å². The molecule has 2 aromatic rings. The predicted molar refractivity (Wildman–Crippen MR) is 81.2 cm³/mol. The van der Waals surface area contributed by atoms with Gasteiger partial charge in [-0.2, -0.15) is 0 Å². The highest BCUT2D eigenvalue weighted by molar-refractivity contribution is 7.10. The van der Waals surface area contributed by atoms with Crippen LogP contribution in [0, 0.1) is 18.8 Å². The number of aliphatic hydroxyl groups is 1. The third kappa shape index (κ3) is 4.17. The van der Waals surface area contributed by atoms with Gasteiger partial charge in [-0.05, 0) is 13.0 Å². The summed E-state index contributed by atoms with van der Waals surface area (Å²) in [5, 5.41) is 16.3. The van der Waals surface area contributed by atoms with E-state index in [1.54, 1.807) is 22.8 Å². The summed E-state index contributed by atoms with van der Waals surface area (Å²) in [6, 6.07) is 1.73. The van der Waals surface area contributed by atoms with Crippen molar-refractivity contribution in [3.05, 3.63) is 38.0 Å². The molecule has 0 saturated heterocycles. The fourth-order valence-electron chi connectivity index (χ4n) is 1.55. The zero-order valence-electron chi connectivity index (χ0n) is 11.0. The van der Waals surface area contributed by atoms with Gasteiger partial charge in [0.2, 0.25) is 0 Å². The molecular formula is C14H14N2O2S2. The summed E-state index contributed by atoms with van der Waals surface area (Å²) in [5.74, 6) is 5.24. The Kier molecular flexibility index (Phi) is 5.30. The van der Waals surface area contributed by atoms with E-state index in [0.717, 1.165) is 22.0 Å². The molecule has 2 aromatic heterocycles. The molecule has 0 aliphatic rings. The number of amides is 1. The van der Waals surface area contributed by atoms with Crippen molar-refractivity contribution in [3.8, 4) is 11.8 Å². The summed E-state index contributed by atoms with van der Waals surface area (Å²) in [6.07, 6.45) is 0.742. The predicted octanol–water partition coefficient (Wildman–Crippen LogP) is 1.83. The summed E-state index contributed by atoms with van der Waals surface area (Å²) >= 11 is 3.00. The van der Waals surface area contributed by atoms with Gasteiger partial charge in [-0.3, -0.25) is 4.79 Å². The summed E-state index contributed by atoms with van der Waals surface area (Å²) in [6.45, 7) is 2.35. The van der Waals surface area contributed by atoms with Crippen LogP contribution in [-0.2, 0) is 6.42 Å². The van der Waals surface area contributed by atoms with Crippen LogP contribution >= 0.6 is 22.7 Å². The number of thiophene rings is 1. The topological polar surface area (TPSA) is 62.2 Å². The van der Waals surface area contributed by atoms with E-state index in [0.29, 0.717) is 12.1 Å². The van der Waals surface area contributed by atoms with E-state index in [1.807, 2.05) is 12.3 Å². The van der Waals surface area contributed by atoms with Gasteiger partial charge in [-0.15, -0.1) is 22.7 Å². The number of aryl methyl sites for hydroxylation is 1. The highest BCUT2D eigenvalue weighted by atomic mass is 32.1. The lowest BCUT2D eigenvalue weighted by molar-refractivity contribution is 0.0954. The smallest absolute Gasteiger partial charge is 0.252 e. The minimum absolute atomic E-state index is 0.105. The molecule has 0 aromatic carbocycles. The standard InChI is InChI=1S/C14H14N2O2S2/c1-10-8-20-13(16-10)4-5-15-14(18)11-7-12(19-9-11)3-2-6-17/h7-9,17H,4-6H2,1H3,(H,15,18).